The van der Waals surface area contributed by atoms with E-state index in [1.165, 1.54) is 18.1 Å². The third-order valence-corrected chi connectivity index (χ3v) is 9.68. The molecule has 0 amide bonds. The van der Waals surface area contributed by atoms with Crippen molar-refractivity contribution < 1.29 is 14.4 Å². The van der Waals surface area contributed by atoms with E-state index in [0.717, 1.165) is 59.1 Å². The Morgan fingerprint density at radius 3 is 2.31 bits per heavy atom. The fourth-order valence-electron chi connectivity index (χ4n) is 8.00. The van der Waals surface area contributed by atoms with Crippen molar-refractivity contribution in [1.29, 1.82) is 0 Å². The summed E-state index contributed by atoms with van der Waals surface area (Å²) in [6, 6.07) is 4.24. The summed E-state index contributed by atoms with van der Waals surface area (Å²) < 4.78 is 0. The molecule has 35 heavy (non-hydrogen) atoms. The summed E-state index contributed by atoms with van der Waals surface area (Å²) in [5.41, 5.74) is 6.63. The maximum atomic E-state index is 14.3. The van der Waals surface area contributed by atoms with Crippen LogP contribution in [-0.4, -0.2) is 17.3 Å². The van der Waals surface area contributed by atoms with Gasteiger partial charge in [0.2, 0.25) is 0 Å². The number of hydrogen-bond donors (Lipinski definition) is 0. The minimum atomic E-state index is -0.865. The first-order valence-electron chi connectivity index (χ1n) is 12.9. The monoisotopic (exact) mass is 468 g/mol. The number of carbonyl (C=O) groups is 3. The van der Waals surface area contributed by atoms with Crippen molar-refractivity contribution in [2.45, 2.75) is 80.6 Å². The van der Waals surface area contributed by atoms with E-state index in [2.05, 4.69) is 44.2 Å². The molecule has 0 heterocycles. The first-order chi connectivity index (χ1) is 16.4. The Balaban J connectivity index is 1.76. The fourth-order valence-corrected chi connectivity index (χ4v) is 8.00. The first kappa shape index (κ1) is 23.9. The van der Waals surface area contributed by atoms with Gasteiger partial charge in [0.15, 0.2) is 17.3 Å². The van der Waals surface area contributed by atoms with Gasteiger partial charge in [0, 0.05) is 16.6 Å². The number of ketones is 3. The maximum absolute atomic E-state index is 14.3. The highest BCUT2D eigenvalue weighted by Gasteiger charge is 2.63. The van der Waals surface area contributed by atoms with E-state index in [1.54, 1.807) is 0 Å². The molecule has 0 saturated heterocycles. The Labute approximate surface area is 209 Å². The quantitative estimate of drug-likeness (QED) is 0.436. The number of hydrogen-bond acceptors (Lipinski definition) is 3. The number of fused-ring (bicyclic) bond motifs is 3. The maximum Gasteiger partial charge on any atom is 0.190 e. The van der Waals surface area contributed by atoms with Crippen LogP contribution < -0.4 is 0 Å². The number of allylic oxidation sites excluding steroid dienone is 8. The fraction of sp³-hybridized carbons (Fsp3) is 0.469. The van der Waals surface area contributed by atoms with Gasteiger partial charge in [-0.3, -0.25) is 14.4 Å². The van der Waals surface area contributed by atoms with E-state index in [-0.39, 0.29) is 28.2 Å². The zero-order valence-electron chi connectivity index (χ0n) is 22.1. The van der Waals surface area contributed by atoms with Crippen LogP contribution in [0.2, 0.25) is 0 Å². The van der Waals surface area contributed by atoms with Crippen molar-refractivity contribution >= 4 is 22.9 Å². The number of rotatable bonds is 2. The molecule has 0 N–H and O–H groups in total. The van der Waals surface area contributed by atoms with Gasteiger partial charge in [0.25, 0.3) is 0 Å². The van der Waals surface area contributed by atoms with Crippen LogP contribution in [0.3, 0.4) is 0 Å². The summed E-state index contributed by atoms with van der Waals surface area (Å²) in [6.07, 6.45) is 11.0. The summed E-state index contributed by atoms with van der Waals surface area (Å²) in [5.74, 6) is -0.209. The normalized spacial score (nSPS) is 32.3. The summed E-state index contributed by atoms with van der Waals surface area (Å²) >= 11 is 0. The topological polar surface area (TPSA) is 51.2 Å². The number of Topliss-reactive ketones (excluding diaryl/α,β-unsaturated/α-hetero) is 3. The molecular weight excluding hydrogens is 432 g/mol. The predicted octanol–water partition coefficient (Wildman–Crippen LogP) is 7.08. The third kappa shape index (κ3) is 3.06. The van der Waals surface area contributed by atoms with Gasteiger partial charge < -0.3 is 0 Å². The van der Waals surface area contributed by atoms with Crippen molar-refractivity contribution in [1.82, 2.24) is 0 Å². The molecule has 0 radical (unpaired) electrons. The zero-order chi connectivity index (χ0) is 25.5. The van der Waals surface area contributed by atoms with Crippen LogP contribution in [0, 0.1) is 23.2 Å². The minimum Gasteiger partial charge on any atom is -0.294 e. The average molecular weight is 469 g/mol. The lowest BCUT2D eigenvalue weighted by Gasteiger charge is -2.59. The summed E-state index contributed by atoms with van der Waals surface area (Å²) in [5, 5.41) is 0. The van der Waals surface area contributed by atoms with Gasteiger partial charge in [-0.05, 0) is 94.4 Å². The van der Waals surface area contributed by atoms with Gasteiger partial charge in [0.05, 0.1) is 11.0 Å². The van der Waals surface area contributed by atoms with Gasteiger partial charge in [-0.15, -0.1) is 0 Å². The van der Waals surface area contributed by atoms with E-state index in [0.29, 0.717) is 12.0 Å². The van der Waals surface area contributed by atoms with E-state index >= 15 is 0 Å². The molecule has 0 aliphatic heterocycles. The molecule has 182 valence electrons. The van der Waals surface area contributed by atoms with Crippen LogP contribution in [0.15, 0.2) is 52.7 Å². The van der Waals surface area contributed by atoms with E-state index in [9.17, 15) is 14.4 Å². The molecule has 4 aliphatic carbocycles. The highest BCUT2D eigenvalue weighted by Crippen LogP contribution is 2.66. The van der Waals surface area contributed by atoms with Gasteiger partial charge in [-0.25, -0.2) is 0 Å². The predicted molar refractivity (Wildman–Crippen MR) is 140 cm³/mol. The molecule has 3 nitrogen and oxygen atoms in total. The second-order valence-corrected chi connectivity index (χ2v) is 12.1. The Morgan fingerprint density at radius 2 is 1.69 bits per heavy atom. The largest absolute Gasteiger partial charge is 0.294 e. The summed E-state index contributed by atoms with van der Waals surface area (Å²) in [6.45, 7) is 13.8. The van der Waals surface area contributed by atoms with Crippen LogP contribution in [0.4, 0.5) is 0 Å². The standard InChI is InChI=1S/C32H36O3/c1-18-13-14-23(22-11-9-8-10-12-22)24-16-30(5)17-31(6)15-19(2)25(21(4)33)29(35)32(31,7)20(3)27(30)28(34)26(18)24/h9,11-14H,8,10,15-17H2,1-7H3. The minimum absolute atomic E-state index is 0.0673. The molecule has 3 unspecified atom stereocenters. The second kappa shape index (κ2) is 7.59. The lowest BCUT2D eigenvalue weighted by Crippen LogP contribution is -2.57. The molecule has 0 fully saturated rings. The van der Waals surface area contributed by atoms with Gasteiger partial charge in [-0.1, -0.05) is 55.4 Å². The smallest absolute Gasteiger partial charge is 0.190 e. The van der Waals surface area contributed by atoms with Crippen LogP contribution in [-0.2, 0) is 16.0 Å². The SMILES string of the molecule is CC(=O)C1=C(C)CC2(C)CC3(C)Cc4c(C5=CCCC=C5)ccc(C)c4C(=O)C3=C(C)C2(C)C1=O. The number of benzene rings is 1. The highest BCUT2D eigenvalue weighted by atomic mass is 16.2. The van der Waals surface area contributed by atoms with Crippen LogP contribution in [0.5, 0.6) is 0 Å². The Hall–Kier alpha value is -2.81. The van der Waals surface area contributed by atoms with Crippen LogP contribution >= 0.6 is 0 Å². The van der Waals surface area contributed by atoms with Gasteiger partial charge in [0.1, 0.15) is 0 Å². The molecule has 4 aliphatic rings. The highest BCUT2D eigenvalue weighted by molar-refractivity contribution is 6.24. The van der Waals surface area contributed by atoms with Crippen molar-refractivity contribution in [3.63, 3.8) is 0 Å². The zero-order valence-corrected chi connectivity index (χ0v) is 22.1. The Morgan fingerprint density at radius 1 is 0.971 bits per heavy atom. The van der Waals surface area contributed by atoms with Crippen LogP contribution in [0.1, 0.15) is 94.3 Å². The molecule has 0 saturated carbocycles. The molecule has 1 aromatic rings. The molecule has 0 spiro atoms. The second-order valence-electron chi connectivity index (χ2n) is 12.1. The van der Waals surface area contributed by atoms with Crippen molar-refractivity contribution in [2.24, 2.45) is 16.2 Å². The van der Waals surface area contributed by atoms with Gasteiger partial charge in [-0.2, -0.15) is 0 Å². The first-order valence-corrected chi connectivity index (χ1v) is 12.9. The summed E-state index contributed by atoms with van der Waals surface area (Å²) in [7, 11) is 0. The van der Waals surface area contributed by atoms with E-state index < -0.39 is 5.41 Å². The third-order valence-electron chi connectivity index (χ3n) is 9.68. The number of aryl methyl sites for hydroxylation is 1. The van der Waals surface area contributed by atoms with E-state index in [1.807, 2.05) is 27.7 Å². The number of carbonyl (C=O) groups excluding carboxylic acids is 3. The molecule has 1 aromatic carbocycles. The average Bonchev–Trinajstić information content (AvgIpc) is 2.76. The van der Waals surface area contributed by atoms with Crippen molar-refractivity contribution in [2.75, 3.05) is 0 Å². The van der Waals surface area contributed by atoms with Crippen molar-refractivity contribution in [3.05, 3.63) is 74.9 Å². The van der Waals surface area contributed by atoms with Crippen molar-refractivity contribution in [3.8, 4) is 0 Å². The molecule has 0 bridgehead atoms. The van der Waals surface area contributed by atoms with Gasteiger partial charge >= 0.3 is 0 Å². The molecule has 5 rings (SSSR count). The lowest BCUT2D eigenvalue weighted by molar-refractivity contribution is -0.134. The molecule has 0 aromatic heterocycles. The summed E-state index contributed by atoms with van der Waals surface area (Å²) in [4.78, 5) is 40.8. The Bertz CT molecular complexity index is 1350. The van der Waals surface area contributed by atoms with E-state index in [4.69, 9.17) is 0 Å². The lowest BCUT2D eigenvalue weighted by atomic mass is 9.42. The molecule has 3 heteroatoms. The van der Waals surface area contributed by atoms with Crippen LogP contribution in [0.25, 0.3) is 5.57 Å². The Kier molecular flexibility index (Phi) is 5.19. The molecular formula is C32H36O3. The molecule has 3 atom stereocenters.